The topological polar surface area (TPSA) is 20.3 Å². The van der Waals surface area contributed by atoms with Crippen molar-refractivity contribution in [2.45, 2.75) is 53.4 Å². The van der Waals surface area contributed by atoms with Gasteiger partial charge >= 0.3 is 0 Å². The van der Waals surface area contributed by atoms with Crippen LogP contribution in [-0.2, 0) is 4.79 Å². The van der Waals surface area contributed by atoms with Gasteiger partial charge in [-0.3, -0.25) is 4.79 Å². The number of likely N-dealkylation sites (tertiary alicyclic amines) is 1. The molecule has 0 spiro atoms. The lowest BCUT2D eigenvalue weighted by Crippen LogP contribution is -2.35. The summed E-state index contributed by atoms with van der Waals surface area (Å²) >= 11 is 0. The summed E-state index contributed by atoms with van der Waals surface area (Å²) in [5.41, 5.74) is 0. The van der Waals surface area contributed by atoms with Gasteiger partial charge in [-0.15, -0.1) is 0 Å². The minimum absolute atomic E-state index is 0.262. The van der Waals surface area contributed by atoms with E-state index in [1.807, 2.05) is 0 Å². The van der Waals surface area contributed by atoms with Crippen molar-refractivity contribution in [2.24, 2.45) is 17.8 Å². The molecule has 0 unspecified atom stereocenters. The molecule has 1 saturated heterocycles. The maximum absolute atomic E-state index is 12.3. The van der Waals surface area contributed by atoms with E-state index in [9.17, 15) is 4.79 Å². The Morgan fingerprint density at radius 3 is 1.81 bits per heavy atom. The van der Waals surface area contributed by atoms with Gasteiger partial charge in [-0.25, -0.2) is 0 Å². The predicted octanol–water partition coefficient (Wildman–Crippen LogP) is 3.32. The summed E-state index contributed by atoms with van der Waals surface area (Å²) in [6.45, 7) is 10.8. The van der Waals surface area contributed by atoms with Crippen LogP contribution in [0.3, 0.4) is 0 Å². The molecule has 1 fully saturated rings. The lowest BCUT2D eigenvalue weighted by atomic mass is 9.88. The second-order valence-electron chi connectivity index (χ2n) is 5.99. The van der Waals surface area contributed by atoms with Gasteiger partial charge in [0.25, 0.3) is 0 Å². The minimum Gasteiger partial charge on any atom is -0.342 e. The average Bonchev–Trinajstić information content (AvgIpc) is 2.66. The molecule has 0 atom stereocenters. The van der Waals surface area contributed by atoms with Gasteiger partial charge in [0.1, 0.15) is 0 Å². The summed E-state index contributed by atoms with van der Waals surface area (Å²) in [6.07, 6.45) is 4.49. The Balaban J connectivity index is 2.55. The SMILES string of the molecule is CC(C)CC(CC(C)C)C(=O)N1CCCC1. The van der Waals surface area contributed by atoms with Crippen LogP contribution in [0.5, 0.6) is 0 Å². The first-order valence-electron chi connectivity index (χ1n) is 6.79. The number of hydrogen-bond acceptors (Lipinski definition) is 1. The molecule has 0 aromatic rings. The van der Waals surface area contributed by atoms with Crippen LogP contribution in [0.15, 0.2) is 0 Å². The first-order chi connectivity index (χ1) is 7.50. The largest absolute Gasteiger partial charge is 0.342 e. The van der Waals surface area contributed by atoms with Gasteiger partial charge in [-0.2, -0.15) is 0 Å². The first kappa shape index (κ1) is 13.5. The molecule has 0 aromatic heterocycles. The fraction of sp³-hybridized carbons (Fsp3) is 0.929. The van der Waals surface area contributed by atoms with Crippen LogP contribution in [-0.4, -0.2) is 23.9 Å². The zero-order valence-electron chi connectivity index (χ0n) is 11.3. The summed E-state index contributed by atoms with van der Waals surface area (Å²) in [6, 6.07) is 0. The zero-order valence-corrected chi connectivity index (χ0v) is 11.3. The third-order valence-electron chi connectivity index (χ3n) is 3.28. The lowest BCUT2D eigenvalue weighted by molar-refractivity contribution is -0.135. The third-order valence-corrected chi connectivity index (χ3v) is 3.28. The molecule has 1 heterocycles. The van der Waals surface area contributed by atoms with Gasteiger partial charge < -0.3 is 4.90 Å². The lowest BCUT2D eigenvalue weighted by Gasteiger charge is -2.25. The normalized spacial score (nSPS) is 16.8. The zero-order chi connectivity index (χ0) is 12.1. The van der Waals surface area contributed by atoms with E-state index in [0.29, 0.717) is 17.7 Å². The van der Waals surface area contributed by atoms with Crippen molar-refractivity contribution in [3.05, 3.63) is 0 Å². The summed E-state index contributed by atoms with van der Waals surface area (Å²) in [4.78, 5) is 14.4. The van der Waals surface area contributed by atoms with Crippen molar-refractivity contribution in [3.63, 3.8) is 0 Å². The quantitative estimate of drug-likeness (QED) is 0.703. The summed E-state index contributed by atoms with van der Waals surface area (Å²) in [5.74, 6) is 1.92. The van der Waals surface area contributed by atoms with E-state index in [4.69, 9.17) is 0 Å². The van der Waals surface area contributed by atoms with E-state index in [0.717, 1.165) is 25.9 Å². The Morgan fingerprint density at radius 1 is 1.00 bits per heavy atom. The Kier molecular flexibility index (Phi) is 5.30. The van der Waals surface area contributed by atoms with E-state index >= 15 is 0 Å². The van der Waals surface area contributed by atoms with Crippen LogP contribution >= 0.6 is 0 Å². The average molecular weight is 225 g/mol. The Labute approximate surface area is 100 Å². The van der Waals surface area contributed by atoms with Crippen molar-refractivity contribution in [2.75, 3.05) is 13.1 Å². The molecule has 2 nitrogen and oxygen atoms in total. The predicted molar refractivity (Wildman–Crippen MR) is 68.2 cm³/mol. The van der Waals surface area contributed by atoms with E-state index in [2.05, 4.69) is 32.6 Å². The van der Waals surface area contributed by atoms with Crippen LogP contribution in [0.1, 0.15) is 53.4 Å². The molecule has 94 valence electrons. The molecule has 2 heteroatoms. The summed E-state index contributed by atoms with van der Waals surface area (Å²) < 4.78 is 0. The molecule has 0 aliphatic carbocycles. The molecule has 0 N–H and O–H groups in total. The molecule has 0 radical (unpaired) electrons. The van der Waals surface area contributed by atoms with E-state index < -0.39 is 0 Å². The molecule has 16 heavy (non-hydrogen) atoms. The fourth-order valence-electron chi connectivity index (χ4n) is 2.63. The van der Waals surface area contributed by atoms with Crippen molar-refractivity contribution in [1.29, 1.82) is 0 Å². The van der Waals surface area contributed by atoms with Crippen molar-refractivity contribution in [1.82, 2.24) is 4.90 Å². The maximum Gasteiger partial charge on any atom is 0.225 e. The van der Waals surface area contributed by atoms with E-state index in [1.165, 1.54) is 12.8 Å². The van der Waals surface area contributed by atoms with E-state index in [-0.39, 0.29) is 5.92 Å². The molecule has 0 aromatic carbocycles. The van der Waals surface area contributed by atoms with Crippen LogP contribution in [0.25, 0.3) is 0 Å². The third kappa shape index (κ3) is 4.15. The molecule has 1 amide bonds. The number of carbonyl (C=O) groups is 1. The number of amides is 1. The molecular weight excluding hydrogens is 198 g/mol. The molecule has 1 aliphatic rings. The number of carbonyl (C=O) groups excluding carboxylic acids is 1. The molecule has 0 bridgehead atoms. The van der Waals surface area contributed by atoms with Crippen LogP contribution in [0.4, 0.5) is 0 Å². The van der Waals surface area contributed by atoms with Gasteiger partial charge in [0, 0.05) is 19.0 Å². The highest BCUT2D eigenvalue weighted by atomic mass is 16.2. The number of hydrogen-bond donors (Lipinski definition) is 0. The van der Waals surface area contributed by atoms with Gasteiger partial charge in [-0.1, -0.05) is 27.7 Å². The van der Waals surface area contributed by atoms with Crippen LogP contribution < -0.4 is 0 Å². The molecular formula is C14H27NO. The Hall–Kier alpha value is -0.530. The van der Waals surface area contributed by atoms with E-state index in [1.54, 1.807) is 0 Å². The van der Waals surface area contributed by atoms with Crippen LogP contribution in [0.2, 0.25) is 0 Å². The monoisotopic (exact) mass is 225 g/mol. The van der Waals surface area contributed by atoms with Crippen molar-refractivity contribution < 1.29 is 4.79 Å². The number of nitrogens with zero attached hydrogens (tertiary/aromatic N) is 1. The standard InChI is InChI=1S/C14H27NO/c1-11(2)9-13(10-12(3)4)14(16)15-7-5-6-8-15/h11-13H,5-10H2,1-4H3. The van der Waals surface area contributed by atoms with Crippen molar-refractivity contribution >= 4 is 5.91 Å². The fourth-order valence-corrected chi connectivity index (χ4v) is 2.63. The summed E-state index contributed by atoms with van der Waals surface area (Å²) in [5, 5.41) is 0. The van der Waals surface area contributed by atoms with Gasteiger partial charge in [0.15, 0.2) is 0 Å². The molecule has 0 saturated carbocycles. The highest BCUT2D eigenvalue weighted by molar-refractivity contribution is 5.79. The minimum atomic E-state index is 0.262. The second kappa shape index (κ2) is 6.27. The molecule has 1 rings (SSSR count). The van der Waals surface area contributed by atoms with Gasteiger partial charge in [-0.05, 0) is 37.5 Å². The Bertz CT molecular complexity index is 207. The Morgan fingerprint density at radius 2 is 1.44 bits per heavy atom. The van der Waals surface area contributed by atoms with Crippen molar-refractivity contribution in [3.8, 4) is 0 Å². The first-order valence-corrected chi connectivity index (χ1v) is 6.79. The smallest absolute Gasteiger partial charge is 0.225 e. The summed E-state index contributed by atoms with van der Waals surface area (Å²) in [7, 11) is 0. The number of rotatable bonds is 5. The van der Waals surface area contributed by atoms with Gasteiger partial charge in [0.05, 0.1) is 0 Å². The molecule has 1 aliphatic heterocycles. The highest BCUT2D eigenvalue weighted by Gasteiger charge is 2.27. The second-order valence-corrected chi connectivity index (χ2v) is 5.99. The van der Waals surface area contributed by atoms with Gasteiger partial charge in [0.2, 0.25) is 5.91 Å². The maximum atomic E-state index is 12.3. The van der Waals surface area contributed by atoms with Crippen LogP contribution in [0, 0.1) is 17.8 Å². The highest BCUT2D eigenvalue weighted by Crippen LogP contribution is 2.24.